The van der Waals surface area contributed by atoms with Crippen LogP contribution in [0, 0.1) is 0 Å². The molecular formula is C30H37N5O6S. The number of ether oxygens (including phenoxy) is 1. The molecule has 42 heavy (non-hydrogen) atoms. The Hall–Kier alpha value is -4.00. The van der Waals surface area contributed by atoms with Gasteiger partial charge in [0.1, 0.15) is 17.0 Å². The predicted molar refractivity (Wildman–Crippen MR) is 162 cm³/mol. The average Bonchev–Trinajstić information content (AvgIpc) is 2.94. The molecule has 0 spiro atoms. The van der Waals surface area contributed by atoms with E-state index in [1.165, 1.54) is 19.2 Å². The Morgan fingerprint density at radius 1 is 0.952 bits per heavy atom. The van der Waals surface area contributed by atoms with Gasteiger partial charge in [-0.05, 0) is 80.9 Å². The van der Waals surface area contributed by atoms with Gasteiger partial charge in [0.25, 0.3) is 0 Å². The van der Waals surface area contributed by atoms with Gasteiger partial charge in [-0.25, -0.2) is 4.79 Å². The highest BCUT2D eigenvalue weighted by atomic mass is 32.2. The molecule has 0 saturated carbocycles. The summed E-state index contributed by atoms with van der Waals surface area (Å²) in [5.74, 6) is -0.0526. The van der Waals surface area contributed by atoms with Gasteiger partial charge in [0, 0.05) is 45.3 Å². The van der Waals surface area contributed by atoms with Crippen molar-refractivity contribution < 1.29 is 26.9 Å². The predicted octanol–water partition coefficient (Wildman–Crippen LogP) is 4.12. The summed E-state index contributed by atoms with van der Waals surface area (Å²) in [4.78, 5) is 34.9. The molecule has 2 heterocycles. The Kier molecular flexibility index (Phi) is 9.50. The van der Waals surface area contributed by atoms with E-state index in [2.05, 4.69) is 31.9 Å². The van der Waals surface area contributed by atoms with Crippen LogP contribution in [0.2, 0.25) is 0 Å². The first-order valence-electron chi connectivity index (χ1n) is 13.6. The Morgan fingerprint density at radius 3 is 2.21 bits per heavy atom. The lowest BCUT2D eigenvalue weighted by Gasteiger charge is -2.33. The Bertz CT molecular complexity index is 1510. The first-order chi connectivity index (χ1) is 19.8. The van der Waals surface area contributed by atoms with E-state index >= 15 is 0 Å². The molecule has 4 rings (SSSR count). The topological polar surface area (TPSA) is 130 Å². The highest BCUT2D eigenvalue weighted by Crippen LogP contribution is 2.29. The summed E-state index contributed by atoms with van der Waals surface area (Å²) in [5, 5.41) is 2.76. The van der Waals surface area contributed by atoms with Crippen molar-refractivity contribution >= 4 is 33.6 Å². The van der Waals surface area contributed by atoms with Crippen molar-refractivity contribution in [2.45, 2.75) is 32.8 Å². The number of pyridine rings is 1. The third kappa shape index (κ3) is 8.51. The van der Waals surface area contributed by atoms with Crippen LogP contribution in [0.5, 0.6) is 5.75 Å². The van der Waals surface area contributed by atoms with E-state index in [-0.39, 0.29) is 18.0 Å². The number of nitrogens with zero attached hydrogens (tertiary/aromatic N) is 3. The van der Waals surface area contributed by atoms with Crippen molar-refractivity contribution in [1.82, 2.24) is 14.6 Å². The number of Topliss-reactive ketones (excluding diaryl/α,β-unsaturated/α-hetero) is 1. The molecule has 11 nitrogen and oxygen atoms in total. The van der Waals surface area contributed by atoms with Crippen molar-refractivity contribution in [3.8, 4) is 16.9 Å². The number of anilines is 2. The molecule has 1 aliphatic heterocycles. The molecule has 224 valence electrons. The summed E-state index contributed by atoms with van der Waals surface area (Å²) in [7, 11) is -0.531. The van der Waals surface area contributed by atoms with Gasteiger partial charge in [-0.3, -0.25) is 15.1 Å². The van der Waals surface area contributed by atoms with Crippen LogP contribution in [0.3, 0.4) is 0 Å². The molecule has 0 bridgehead atoms. The van der Waals surface area contributed by atoms with Crippen molar-refractivity contribution in [2.75, 3.05) is 50.5 Å². The molecule has 0 atom stereocenters. The van der Waals surface area contributed by atoms with E-state index in [4.69, 9.17) is 8.92 Å². The minimum atomic E-state index is -3.89. The summed E-state index contributed by atoms with van der Waals surface area (Å²) in [6, 6.07) is 15.5. The Balaban J connectivity index is 1.57. The lowest BCUT2D eigenvalue weighted by molar-refractivity contribution is 0.0635. The number of rotatable bonds is 9. The van der Waals surface area contributed by atoms with Gasteiger partial charge in [0.05, 0.1) is 11.9 Å². The van der Waals surface area contributed by atoms with Gasteiger partial charge in [-0.15, -0.1) is 0 Å². The molecule has 12 heteroatoms. The molecule has 0 aliphatic carbocycles. The minimum Gasteiger partial charge on any atom is -0.444 e. The van der Waals surface area contributed by atoms with Crippen LogP contribution in [-0.4, -0.2) is 76.1 Å². The van der Waals surface area contributed by atoms with Crippen LogP contribution in [0.1, 0.15) is 36.8 Å². The van der Waals surface area contributed by atoms with Crippen molar-refractivity contribution in [3.05, 3.63) is 72.1 Å². The van der Waals surface area contributed by atoms with E-state index in [0.29, 0.717) is 16.9 Å². The molecule has 3 aromatic rings. The largest absolute Gasteiger partial charge is 0.444 e. The summed E-state index contributed by atoms with van der Waals surface area (Å²) in [6.07, 6.45) is 1.08. The average molecular weight is 596 g/mol. The Labute approximate surface area is 247 Å². The fraction of sp³-hybridized carbons (Fsp3) is 0.367. The van der Waals surface area contributed by atoms with Crippen LogP contribution in [0.15, 0.2) is 60.8 Å². The maximum Gasteiger partial charge on any atom is 0.412 e. The molecule has 1 aliphatic rings. The van der Waals surface area contributed by atoms with Crippen molar-refractivity contribution in [2.24, 2.45) is 0 Å². The second kappa shape index (κ2) is 12.9. The van der Waals surface area contributed by atoms with Gasteiger partial charge in [-0.1, -0.05) is 18.2 Å². The summed E-state index contributed by atoms with van der Waals surface area (Å²) in [5.41, 5.74) is 3.14. The van der Waals surface area contributed by atoms with Crippen LogP contribution in [0.25, 0.3) is 11.1 Å². The lowest BCUT2D eigenvalue weighted by Crippen LogP contribution is -2.44. The first-order valence-corrected chi connectivity index (χ1v) is 15.0. The third-order valence-corrected chi connectivity index (χ3v) is 7.55. The second-order valence-corrected chi connectivity index (χ2v) is 12.5. The fourth-order valence-electron chi connectivity index (χ4n) is 4.39. The Morgan fingerprint density at radius 2 is 1.62 bits per heavy atom. The van der Waals surface area contributed by atoms with Gasteiger partial charge >= 0.3 is 16.4 Å². The fourth-order valence-corrected chi connectivity index (χ4v) is 4.84. The third-order valence-electron chi connectivity index (χ3n) is 6.64. The van der Waals surface area contributed by atoms with Gasteiger partial charge in [-0.2, -0.15) is 13.1 Å². The van der Waals surface area contributed by atoms with Crippen LogP contribution in [0.4, 0.5) is 16.2 Å². The molecule has 0 unspecified atom stereocenters. The van der Waals surface area contributed by atoms with Crippen LogP contribution < -0.4 is 19.1 Å². The molecule has 1 aromatic heterocycles. The maximum absolute atomic E-state index is 13.4. The number of aromatic nitrogens is 1. The number of hydrogen-bond acceptors (Lipinski definition) is 9. The number of benzene rings is 2. The standard InChI is InChI=1S/C30H37N5O6S/c1-30(2,3)40-29(37)33-26-12-8-22(21-6-10-25(11-7-21)41-42(38,39)31-4)18-23(26)19-28(36)27-13-9-24(20-32-27)35-16-14-34(5)15-17-35/h6-13,18,20,31H,14-17,19H2,1-5H3,(H,33,37). The summed E-state index contributed by atoms with van der Waals surface area (Å²) in [6.45, 7) is 9.05. The summed E-state index contributed by atoms with van der Waals surface area (Å²) < 4.78 is 35.9. The zero-order valence-corrected chi connectivity index (χ0v) is 25.3. The number of carbonyl (C=O) groups is 2. The van der Waals surface area contributed by atoms with Crippen LogP contribution >= 0.6 is 0 Å². The van der Waals surface area contributed by atoms with Gasteiger partial charge in [0.15, 0.2) is 5.78 Å². The number of ketones is 1. The number of nitrogens with one attached hydrogen (secondary N) is 2. The van der Waals surface area contributed by atoms with E-state index in [1.807, 2.05) is 12.1 Å². The van der Waals surface area contributed by atoms with Crippen LogP contribution in [-0.2, 0) is 21.5 Å². The maximum atomic E-state index is 13.4. The smallest absolute Gasteiger partial charge is 0.412 e. The molecule has 1 amide bonds. The summed E-state index contributed by atoms with van der Waals surface area (Å²) >= 11 is 0. The van der Waals surface area contributed by atoms with Crippen molar-refractivity contribution in [1.29, 1.82) is 0 Å². The molecule has 2 aromatic carbocycles. The normalized spacial score (nSPS) is 14.4. The van der Waals surface area contributed by atoms with E-state index in [1.54, 1.807) is 57.3 Å². The zero-order valence-electron chi connectivity index (χ0n) is 24.5. The molecule has 1 saturated heterocycles. The van der Waals surface area contributed by atoms with Crippen molar-refractivity contribution in [3.63, 3.8) is 0 Å². The van der Waals surface area contributed by atoms with E-state index in [0.717, 1.165) is 43.0 Å². The quantitative estimate of drug-likeness (QED) is 0.351. The second-order valence-electron chi connectivity index (χ2n) is 11.1. The van der Waals surface area contributed by atoms with Gasteiger partial charge in [0.2, 0.25) is 0 Å². The number of amides is 1. The molecular weight excluding hydrogens is 558 g/mol. The number of likely N-dealkylation sites (N-methyl/N-ethyl adjacent to an activating group) is 1. The number of piperazine rings is 1. The highest BCUT2D eigenvalue weighted by molar-refractivity contribution is 7.85. The van der Waals surface area contributed by atoms with E-state index < -0.39 is 22.0 Å². The SMILES string of the molecule is CNS(=O)(=O)Oc1ccc(-c2ccc(NC(=O)OC(C)(C)C)c(CC(=O)c3ccc(N4CCN(C)CC4)cn3)c2)cc1. The lowest BCUT2D eigenvalue weighted by atomic mass is 9.98. The zero-order chi connectivity index (χ0) is 30.5. The molecule has 0 radical (unpaired) electrons. The number of carbonyl (C=O) groups excluding carboxylic acids is 2. The number of hydrogen-bond donors (Lipinski definition) is 2. The van der Waals surface area contributed by atoms with E-state index in [9.17, 15) is 18.0 Å². The molecule has 2 N–H and O–H groups in total. The molecule has 1 fully saturated rings. The first kappa shape index (κ1) is 30.9. The monoisotopic (exact) mass is 595 g/mol. The highest BCUT2D eigenvalue weighted by Gasteiger charge is 2.20. The van der Waals surface area contributed by atoms with Gasteiger partial charge < -0.3 is 18.7 Å². The minimum absolute atomic E-state index is 0.0125.